The van der Waals surface area contributed by atoms with Crippen LogP contribution >= 0.6 is 9.39 Å². The van der Waals surface area contributed by atoms with Crippen LogP contribution in [0.3, 0.4) is 0 Å². The fourth-order valence-corrected chi connectivity index (χ4v) is 5.72. The summed E-state index contributed by atoms with van der Waals surface area (Å²) < 4.78 is 14.2. The van der Waals surface area contributed by atoms with Gasteiger partial charge in [-0.3, -0.25) is 5.41 Å². The molecule has 1 aliphatic carbocycles. The Morgan fingerprint density at radius 2 is 1.76 bits per heavy atom. The Bertz CT molecular complexity index is 1060. The standard InChI is InChI=1S/C28H35BFN2P/c1-4-19-8-10-20(11-9-19)25(22-12-13-24(32-33)23(18-22)27(30)31)26(21-6-5-7-21)29-16-14-28(2,3)15-17-29/h4,8-13,18,21,31-32H,1,5-7,14-17,33H2,2-3H3/b26-25+,31-27?. The van der Waals surface area contributed by atoms with Gasteiger partial charge in [0, 0.05) is 5.69 Å². The molecule has 2 aromatic rings. The van der Waals surface area contributed by atoms with Gasteiger partial charge in [-0.25, -0.2) is 0 Å². The van der Waals surface area contributed by atoms with Crippen molar-refractivity contribution in [3.63, 3.8) is 0 Å². The molecule has 0 radical (unpaired) electrons. The molecule has 4 rings (SSSR count). The number of halogens is 1. The molecule has 5 heteroatoms. The van der Waals surface area contributed by atoms with Gasteiger partial charge in [-0.2, -0.15) is 4.39 Å². The van der Waals surface area contributed by atoms with Gasteiger partial charge in [-0.05, 0) is 68.0 Å². The summed E-state index contributed by atoms with van der Waals surface area (Å²) in [5.41, 5.74) is 7.42. The molecule has 0 amide bonds. The van der Waals surface area contributed by atoms with Crippen LogP contribution in [0.2, 0.25) is 12.6 Å². The highest BCUT2D eigenvalue weighted by atomic mass is 31.0. The number of rotatable bonds is 7. The molecule has 2 N–H and O–H groups in total. The van der Waals surface area contributed by atoms with E-state index in [1.807, 2.05) is 18.2 Å². The summed E-state index contributed by atoms with van der Waals surface area (Å²) in [5, 5.41) is 10.7. The van der Waals surface area contributed by atoms with E-state index in [9.17, 15) is 4.39 Å². The lowest BCUT2D eigenvalue weighted by Gasteiger charge is -2.40. The van der Waals surface area contributed by atoms with Gasteiger partial charge in [0.05, 0.1) is 5.56 Å². The summed E-state index contributed by atoms with van der Waals surface area (Å²) in [6.07, 6.45) is 10.5. The molecule has 0 spiro atoms. The van der Waals surface area contributed by atoms with Crippen LogP contribution in [-0.2, 0) is 0 Å². The zero-order valence-electron chi connectivity index (χ0n) is 19.9. The maximum absolute atomic E-state index is 14.2. The largest absolute Gasteiger partial charge is 0.369 e. The fraction of sp³-hybridized carbons (Fsp3) is 0.393. The van der Waals surface area contributed by atoms with Crippen molar-refractivity contribution in [3.8, 4) is 0 Å². The molecule has 1 saturated carbocycles. The first-order chi connectivity index (χ1) is 15.8. The average Bonchev–Trinajstić information content (AvgIpc) is 2.78. The summed E-state index contributed by atoms with van der Waals surface area (Å²) in [4.78, 5) is 0. The van der Waals surface area contributed by atoms with Crippen molar-refractivity contribution < 1.29 is 4.39 Å². The topological polar surface area (TPSA) is 35.9 Å². The summed E-state index contributed by atoms with van der Waals surface area (Å²) in [6.45, 7) is 9.24. The van der Waals surface area contributed by atoms with Gasteiger partial charge >= 0.3 is 0 Å². The smallest absolute Gasteiger partial charge is 0.214 e. The van der Waals surface area contributed by atoms with E-state index in [1.54, 1.807) is 5.47 Å². The molecule has 1 saturated heterocycles. The number of anilines is 1. The van der Waals surface area contributed by atoms with Crippen LogP contribution in [0.1, 0.15) is 68.2 Å². The zero-order valence-corrected chi connectivity index (χ0v) is 21.0. The van der Waals surface area contributed by atoms with Gasteiger partial charge < -0.3 is 5.09 Å². The number of allylic oxidation sites excluding steroid dienone is 1. The van der Waals surface area contributed by atoms with Gasteiger partial charge in [-0.15, -0.1) is 0 Å². The highest BCUT2D eigenvalue weighted by Gasteiger charge is 2.37. The van der Waals surface area contributed by atoms with Crippen LogP contribution in [0.5, 0.6) is 0 Å². The van der Waals surface area contributed by atoms with Crippen LogP contribution in [-0.4, -0.2) is 12.7 Å². The molecule has 33 heavy (non-hydrogen) atoms. The maximum Gasteiger partial charge on any atom is 0.214 e. The van der Waals surface area contributed by atoms with Crippen LogP contribution in [0.4, 0.5) is 10.1 Å². The second-order valence-corrected chi connectivity index (χ2v) is 10.7. The Morgan fingerprint density at radius 3 is 2.27 bits per heavy atom. The normalized spacial score (nSPS) is 18.8. The minimum absolute atomic E-state index is 0.306. The summed E-state index contributed by atoms with van der Waals surface area (Å²) in [7, 11) is 2.41. The molecule has 172 valence electrons. The Labute approximate surface area is 201 Å². The maximum atomic E-state index is 14.2. The van der Waals surface area contributed by atoms with Crippen molar-refractivity contribution in [2.24, 2.45) is 11.3 Å². The lowest BCUT2D eigenvalue weighted by atomic mass is 9.31. The third-order valence-electron chi connectivity index (χ3n) is 7.75. The van der Waals surface area contributed by atoms with Gasteiger partial charge in [0.15, 0.2) is 6.71 Å². The molecular weight excluding hydrogens is 425 g/mol. The van der Waals surface area contributed by atoms with Crippen molar-refractivity contribution >= 4 is 39.4 Å². The molecule has 1 aliphatic heterocycles. The van der Waals surface area contributed by atoms with E-state index in [4.69, 9.17) is 5.41 Å². The molecule has 2 aromatic carbocycles. The summed E-state index contributed by atoms with van der Waals surface area (Å²) in [6, 6.07) is 14.4. The SMILES string of the molecule is C=Cc1ccc(/C(=C(\B2CCC(C)(C)CC2)C2CCC2)c2ccc(NP)c(C(=N)F)c2)cc1. The Morgan fingerprint density at radius 1 is 1.12 bits per heavy atom. The van der Waals surface area contributed by atoms with E-state index in [-0.39, 0.29) is 0 Å². The van der Waals surface area contributed by atoms with E-state index in [0.29, 0.717) is 29.3 Å². The first-order valence-electron chi connectivity index (χ1n) is 12.2. The number of hydrogen-bond donors (Lipinski definition) is 2. The minimum atomic E-state index is -0.909. The fourth-order valence-electron chi connectivity index (χ4n) is 5.46. The van der Waals surface area contributed by atoms with Crippen LogP contribution in [0, 0.1) is 16.7 Å². The molecule has 0 aromatic heterocycles. The van der Waals surface area contributed by atoms with E-state index in [1.165, 1.54) is 55.9 Å². The average molecular weight is 460 g/mol. The van der Waals surface area contributed by atoms with Crippen LogP contribution in [0.15, 0.2) is 54.5 Å². The Kier molecular flexibility index (Phi) is 7.24. The van der Waals surface area contributed by atoms with Crippen molar-refractivity contribution in [2.75, 3.05) is 5.09 Å². The van der Waals surface area contributed by atoms with E-state index in [2.05, 4.69) is 65.2 Å². The van der Waals surface area contributed by atoms with E-state index >= 15 is 0 Å². The third-order valence-corrected chi connectivity index (χ3v) is 8.06. The Hall–Kier alpha value is -2.19. The van der Waals surface area contributed by atoms with Gasteiger partial charge in [0.1, 0.15) is 0 Å². The van der Waals surface area contributed by atoms with E-state index < -0.39 is 5.97 Å². The van der Waals surface area contributed by atoms with Gasteiger partial charge in [0.25, 0.3) is 0 Å². The first kappa shape index (κ1) is 24.0. The van der Waals surface area contributed by atoms with Gasteiger partial charge in [0.2, 0.25) is 5.97 Å². The molecule has 2 fully saturated rings. The number of nitrogens with one attached hydrogen (secondary N) is 2. The van der Waals surface area contributed by atoms with E-state index in [0.717, 1.165) is 11.1 Å². The van der Waals surface area contributed by atoms with Crippen LogP contribution < -0.4 is 5.09 Å². The molecule has 0 bridgehead atoms. The lowest BCUT2D eigenvalue weighted by Crippen LogP contribution is -2.34. The highest BCUT2D eigenvalue weighted by molar-refractivity contribution is 7.18. The van der Waals surface area contributed by atoms with Crippen molar-refractivity contribution in [3.05, 3.63) is 76.8 Å². The number of benzene rings is 2. The molecule has 2 aliphatic rings. The highest BCUT2D eigenvalue weighted by Crippen LogP contribution is 2.47. The third kappa shape index (κ3) is 5.17. The molecule has 1 unspecified atom stereocenters. The van der Waals surface area contributed by atoms with Crippen molar-refractivity contribution in [2.45, 2.75) is 58.6 Å². The molecular formula is C28H35BFN2P. The monoisotopic (exact) mass is 460 g/mol. The second-order valence-electron chi connectivity index (χ2n) is 10.4. The molecule has 1 heterocycles. The minimum Gasteiger partial charge on any atom is -0.369 e. The lowest BCUT2D eigenvalue weighted by molar-refractivity contribution is 0.320. The van der Waals surface area contributed by atoms with Crippen molar-refractivity contribution in [1.29, 1.82) is 5.41 Å². The number of hydrogen-bond acceptors (Lipinski definition) is 2. The first-order valence-corrected chi connectivity index (χ1v) is 12.7. The zero-order chi connectivity index (χ0) is 23.6. The summed E-state index contributed by atoms with van der Waals surface area (Å²) in [5.74, 6) is -0.314. The predicted octanol–water partition coefficient (Wildman–Crippen LogP) is 8.28. The van der Waals surface area contributed by atoms with Crippen LogP contribution in [0.25, 0.3) is 11.6 Å². The Balaban J connectivity index is 1.91. The predicted molar refractivity (Wildman–Crippen MR) is 146 cm³/mol. The van der Waals surface area contributed by atoms with Crippen molar-refractivity contribution in [1.82, 2.24) is 0 Å². The quantitative estimate of drug-likeness (QED) is 0.243. The van der Waals surface area contributed by atoms with Gasteiger partial charge in [-0.1, -0.05) is 94.2 Å². The second kappa shape index (κ2) is 9.98. The molecule has 2 nitrogen and oxygen atoms in total. The summed E-state index contributed by atoms with van der Waals surface area (Å²) >= 11 is 0. The molecule has 1 atom stereocenters.